The number of benzene rings is 1. The molecule has 0 spiro atoms. The second-order valence-electron chi connectivity index (χ2n) is 6.20. The van der Waals surface area contributed by atoms with Crippen LogP contribution in [0.5, 0.6) is 0 Å². The van der Waals surface area contributed by atoms with Crippen LogP contribution in [0.2, 0.25) is 0 Å². The standard InChI is InChI=1S/C17H18N6O2S/c1-26(24,25)13-4-5-15-14(11-13)17(19-12-18-15)23-9-7-22(8-10-23)16-3-2-6-20-21-16/h2-6,11-12H,7-10H2,1H3. The fourth-order valence-corrected chi connectivity index (χ4v) is 3.76. The normalized spacial score (nSPS) is 15.4. The van der Waals surface area contributed by atoms with E-state index in [-0.39, 0.29) is 4.90 Å². The summed E-state index contributed by atoms with van der Waals surface area (Å²) in [6, 6.07) is 8.79. The van der Waals surface area contributed by atoms with Crippen molar-refractivity contribution < 1.29 is 8.42 Å². The molecule has 9 heteroatoms. The second-order valence-corrected chi connectivity index (χ2v) is 8.22. The predicted octanol–water partition coefficient (Wildman–Crippen LogP) is 1.15. The molecule has 26 heavy (non-hydrogen) atoms. The van der Waals surface area contributed by atoms with Gasteiger partial charge in [0, 0.05) is 44.0 Å². The van der Waals surface area contributed by atoms with Crippen LogP contribution in [0.3, 0.4) is 0 Å². The molecular weight excluding hydrogens is 352 g/mol. The van der Waals surface area contributed by atoms with Gasteiger partial charge in [-0.2, -0.15) is 5.10 Å². The Balaban J connectivity index is 1.63. The lowest BCUT2D eigenvalue weighted by atomic mass is 10.2. The molecular formula is C17H18N6O2S. The molecule has 0 amide bonds. The number of hydrogen-bond donors (Lipinski definition) is 0. The molecule has 0 aliphatic carbocycles. The summed E-state index contributed by atoms with van der Waals surface area (Å²) in [4.78, 5) is 13.3. The summed E-state index contributed by atoms with van der Waals surface area (Å²) in [5, 5.41) is 8.83. The van der Waals surface area contributed by atoms with Crippen LogP contribution >= 0.6 is 0 Å². The summed E-state index contributed by atoms with van der Waals surface area (Å²) < 4.78 is 23.8. The molecule has 0 bridgehead atoms. The third-order valence-corrected chi connectivity index (χ3v) is 5.59. The lowest BCUT2D eigenvalue weighted by molar-refractivity contribution is 0.602. The van der Waals surface area contributed by atoms with Gasteiger partial charge in [0.1, 0.15) is 12.1 Å². The molecule has 4 rings (SSSR count). The van der Waals surface area contributed by atoms with Gasteiger partial charge in [0.15, 0.2) is 15.7 Å². The Hall–Kier alpha value is -2.81. The molecule has 3 heterocycles. The molecule has 134 valence electrons. The minimum Gasteiger partial charge on any atom is -0.352 e. The van der Waals surface area contributed by atoms with E-state index in [4.69, 9.17) is 0 Å². The zero-order valence-corrected chi connectivity index (χ0v) is 15.1. The number of aromatic nitrogens is 4. The van der Waals surface area contributed by atoms with Gasteiger partial charge in [0.2, 0.25) is 0 Å². The van der Waals surface area contributed by atoms with Crippen molar-refractivity contribution in [1.82, 2.24) is 20.2 Å². The van der Waals surface area contributed by atoms with E-state index in [1.807, 2.05) is 12.1 Å². The first-order chi connectivity index (χ1) is 12.5. The van der Waals surface area contributed by atoms with Crippen LogP contribution in [0.1, 0.15) is 0 Å². The highest BCUT2D eigenvalue weighted by atomic mass is 32.2. The Morgan fingerprint density at radius 2 is 1.77 bits per heavy atom. The van der Waals surface area contributed by atoms with Crippen molar-refractivity contribution in [1.29, 1.82) is 0 Å². The number of sulfone groups is 1. The summed E-state index contributed by atoms with van der Waals surface area (Å²) in [6.07, 6.45) is 4.39. The molecule has 0 saturated carbocycles. The van der Waals surface area contributed by atoms with Gasteiger partial charge in [-0.1, -0.05) is 0 Å². The van der Waals surface area contributed by atoms with Gasteiger partial charge in [0.25, 0.3) is 0 Å². The fraction of sp³-hybridized carbons (Fsp3) is 0.294. The van der Waals surface area contributed by atoms with Crippen LogP contribution in [-0.4, -0.2) is 61.0 Å². The smallest absolute Gasteiger partial charge is 0.175 e. The van der Waals surface area contributed by atoms with E-state index in [9.17, 15) is 8.42 Å². The lowest BCUT2D eigenvalue weighted by Crippen LogP contribution is -2.47. The van der Waals surface area contributed by atoms with Gasteiger partial charge in [-0.05, 0) is 30.3 Å². The molecule has 3 aromatic rings. The van der Waals surface area contributed by atoms with Crippen molar-refractivity contribution in [3.8, 4) is 0 Å². The molecule has 2 aromatic heterocycles. The van der Waals surface area contributed by atoms with Crippen molar-refractivity contribution in [3.63, 3.8) is 0 Å². The molecule has 1 aliphatic heterocycles. The van der Waals surface area contributed by atoms with Crippen molar-refractivity contribution in [3.05, 3.63) is 42.9 Å². The lowest BCUT2D eigenvalue weighted by Gasteiger charge is -2.36. The zero-order valence-electron chi connectivity index (χ0n) is 14.3. The minimum absolute atomic E-state index is 0.277. The highest BCUT2D eigenvalue weighted by Crippen LogP contribution is 2.27. The van der Waals surface area contributed by atoms with E-state index in [1.165, 1.54) is 12.6 Å². The molecule has 0 atom stereocenters. The van der Waals surface area contributed by atoms with Crippen LogP contribution in [-0.2, 0) is 9.84 Å². The van der Waals surface area contributed by atoms with Crippen LogP contribution < -0.4 is 9.80 Å². The average molecular weight is 370 g/mol. The topological polar surface area (TPSA) is 92.2 Å². The first-order valence-electron chi connectivity index (χ1n) is 8.25. The molecule has 0 unspecified atom stereocenters. The van der Waals surface area contributed by atoms with Crippen LogP contribution in [0.25, 0.3) is 10.9 Å². The fourth-order valence-electron chi connectivity index (χ4n) is 3.11. The maximum atomic E-state index is 11.9. The van der Waals surface area contributed by atoms with E-state index < -0.39 is 9.84 Å². The van der Waals surface area contributed by atoms with Gasteiger partial charge >= 0.3 is 0 Å². The van der Waals surface area contributed by atoms with E-state index in [1.54, 1.807) is 24.4 Å². The number of hydrogen-bond acceptors (Lipinski definition) is 8. The Morgan fingerprint density at radius 1 is 1.00 bits per heavy atom. The SMILES string of the molecule is CS(=O)(=O)c1ccc2ncnc(N3CCN(c4cccnn4)CC3)c2c1. The molecule has 1 fully saturated rings. The summed E-state index contributed by atoms with van der Waals surface area (Å²) in [5.74, 6) is 1.62. The van der Waals surface area contributed by atoms with E-state index >= 15 is 0 Å². The first kappa shape index (κ1) is 16.6. The molecule has 1 saturated heterocycles. The van der Waals surface area contributed by atoms with E-state index in [0.29, 0.717) is 0 Å². The number of nitrogens with zero attached hydrogens (tertiary/aromatic N) is 6. The quantitative estimate of drug-likeness (QED) is 0.678. The highest BCUT2D eigenvalue weighted by Gasteiger charge is 2.21. The van der Waals surface area contributed by atoms with Gasteiger partial charge in [-0.3, -0.25) is 0 Å². The van der Waals surface area contributed by atoms with Gasteiger partial charge in [0.05, 0.1) is 10.4 Å². The highest BCUT2D eigenvalue weighted by molar-refractivity contribution is 7.90. The number of piperazine rings is 1. The zero-order chi connectivity index (χ0) is 18.1. The Labute approximate surface area is 151 Å². The minimum atomic E-state index is -3.28. The Morgan fingerprint density at radius 3 is 2.46 bits per heavy atom. The van der Waals surface area contributed by atoms with Crippen LogP contribution in [0, 0.1) is 0 Å². The van der Waals surface area contributed by atoms with E-state index in [0.717, 1.165) is 48.7 Å². The van der Waals surface area contributed by atoms with Crippen molar-refractivity contribution >= 4 is 32.4 Å². The number of fused-ring (bicyclic) bond motifs is 1. The van der Waals surface area contributed by atoms with Gasteiger partial charge < -0.3 is 9.80 Å². The number of anilines is 2. The summed E-state index contributed by atoms with van der Waals surface area (Å²) in [7, 11) is -3.28. The molecule has 1 aromatic carbocycles. The van der Waals surface area contributed by atoms with Crippen molar-refractivity contribution in [2.45, 2.75) is 4.90 Å². The van der Waals surface area contributed by atoms with Gasteiger partial charge in [-0.15, -0.1) is 5.10 Å². The van der Waals surface area contributed by atoms with Gasteiger partial charge in [-0.25, -0.2) is 18.4 Å². The maximum Gasteiger partial charge on any atom is 0.175 e. The maximum absolute atomic E-state index is 11.9. The summed E-state index contributed by atoms with van der Waals surface area (Å²) in [5.41, 5.74) is 0.735. The predicted molar refractivity (Wildman–Crippen MR) is 99.1 cm³/mol. The average Bonchev–Trinajstić information content (AvgIpc) is 2.67. The summed E-state index contributed by atoms with van der Waals surface area (Å²) >= 11 is 0. The monoisotopic (exact) mass is 370 g/mol. The van der Waals surface area contributed by atoms with Crippen molar-refractivity contribution in [2.75, 3.05) is 42.2 Å². The molecule has 0 N–H and O–H groups in total. The molecule has 0 radical (unpaired) electrons. The van der Waals surface area contributed by atoms with Crippen molar-refractivity contribution in [2.24, 2.45) is 0 Å². The largest absolute Gasteiger partial charge is 0.352 e. The molecule has 8 nitrogen and oxygen atoms in total. The Kier molecular flexibility index (Phi) is 4.15. The Bertz CT molecular complexity index is 1030. The third kappa shape index (κ3) is 3.17. The first-order valence-corrected chi connectivity index (χ1v) is 10.1. The molecule has 1 aliphatic rings. The van der Waals surface area contributed by atoms with E-state index in [2.05, 4.69) is 30.0 Å². The van der Waals surface area contributed by atoms with Crippen LogP contribution in [0.4, 0.5) is 11.6 Å². The number of rotatable bonds is 3. The third-order valence-electron chi connectivity index (χ3n) is 4.48. The second kappa shape index (κ2) is 6.49. The van der Waals surface area contributed by atoms with Crippen LogP contribution in [0.15, 0.2) is 47.8 Å². The summed E-state index contributed by atoms with van der Waals surface area (Å²) in [6.45, 7) is 3.09.